The van der Waals surface area contributed by atoms with Crippen molar-refractivity contribution in [3.8, 4) is 0 Å². The Bertz CT molecular complexity index is 1620. The third kappa shape index (κ3) is 5.73. The van der Waals surface area contributed by atoms with Crippen LogP contribution in [-0.4, -0.2) is 81.3 Å². The number of benzene rings is 1. The number of hydrogen-bond acceptors (Lipinski definition) is 12. The molecule has 7 N–H and O–H groups in total. The predicted molar refractivity (Wildman–Crippen MR) is 211 cm³/mol. The summed E-state index contributed by atoms with van der Waals surface area (Å²) in [6.07, 6.45) is 10.5. The summed E-state index contributed by atoms with van der Waals surface area (Å²) in [6, 6.07) is 6.29. The van der Waals surface area contributed by atoms with E-state index in [1.165, 1.54) is 5.57 Å². The molecule has 0 saturated heterocycles. The number of carbonyl (C=O) groups excluding carboxylic acids is 1. The molecule has 12 heteroatoms. The summed E-state index contributed by atoms with van der Waals surface area (Å²) in [7, 11) is 7.40. The summed E-state index contributed by atoms with van der Waals surface area (Å²) in [5.74, 6) is 4.45. The lowest BCUT2D eigenvalue weighted by Crippen LogP contribution is -2.68. The molecule has 11 bridgehead atoms. The Morgan fingerprint density at radius 1 is 1.08 bits per heavy atom. The van der Waals surface area contributed by atoms with Crippen molar-refractivity contribution in [1.82, 2.24) is 5.32 Å². The Hall–Kier alpha value is -1.12. The lowest BCUT2D eigenvalue weighted by molar-refractivity contribution is -0.125. The number of ketones is 1. The second kappa shape index (κ2) is 14.5. The van der Waals surface area contributed by atoms with Gasteiger partial charge in [0.05, 0.1) is 24.0 Å². The van der Waals surface area contributed by atoms with Gasteiger partial charge in [0.15, 0.2) is 11.7 Å². The van der Waals surface area contributed by atoms with Gasteiger partial charge in [-0.3, -0.25) is 9.79 Å². The van der Waals surface area contributed by atoms with Crippen LogP contribution < -0.4 is 11.1 Å². The van der Waals surface area contributed by atoms with Gasteiger partial charge in [-0.25, -0.2) is 0 Å². The van der Waals surface area contributed by atoms with E-state index in [9.17, 15) is 25.2 Å². The molecule has 0 amide bonds. The summed E-state index contributed by atoms with van der Waals surface area (Å²) < 4.78 is 0. The molecule has 4 aliphatic heterocycles. The minimum absolute atomic E-state index is 0.00124. The van der Waals surface area contributed by atoms with Crippen molar-refractivity contribution in [3.05, 3.63) is 58.2 Å². The normalized spacial score (nSPS) is 41.7. The molecule has 4 heterocycles. The van der Waals surface area contributed by atoms with Crippen LogP contribution in [-0.2, 0) is 11.4 Å². The van der Waals surface area contributed by atoms with E-state index < -0.39 is 5.54 Å². The van der Waals surface area contributed by atoms with Crippen LogP contribution in [0, 0.1) is 46.3 Å². The van der Waals surface area contributed by atoms with Crippen LogP contribution in [0.15, 0.2) is 46.5 Å². The Balaban J connectivity index is 1.30. The van der Waals surface area contributed by atoms with Gasteiger partial charge in [0.25, 0.3) is 0 Å². The number of aliphatic hydroxyl groups excluding tert-OH is 4. The van der Waals surface area contributed by atoms with E-state index in [4.69, 9.17) is 10.7 Å². The number of guanidine groups is 1. The molecule has 1 aromatic carbocycles. The van der Waals surface area contributed by atoms with Crippen molar-refractivity contribution in [3.63, 3.8) is 0 Å². The molecule has 4 aliphatic carbocycles. The number of aliphatic hydroxyl groups is 4. The number of nitrogens with two attached hydrogens (primary N) is 1. The van der Waals surface area contributed by atoms with Crippen LogP contribution in [0.5, 0.6) is 0 Å². The highest BCUT2D eigenvalue weighted by Crippen LogP contribution is 2.75. The average molecular weight is 772 g/mol. The van der Waals surface area contributed by atoms with Crippen LogP contribution in [0.4, 0.5) is 0 Å². The number of Topliss-reactive ketones (excluding diaryl/α,β-unsaturated/α-hetero) is 1. The summed E-state index contributed by atoms with van der Waals surface area (Å²) in [6.45, 7) is 3.27. The van der Waals surface area contributed by atoms with Crippen molar-refractivity contribution >= 4 is 54.9 Å². The first kappa shape index (κ1) is 36.8. The second-order valence-electron chi connectivity index (χ2n) is 16.4. The number of aliphatic imine (C=N–C) groups is 1. The smallest absolute Gasteiger partial charge is 0.189 e. The fourth-order valence-electron chi connectivity index (χ4n) is 12.2. The quantitative estimate of drug-likeness (QED) is 0.158. The molecular formula is C39H53N3O5S4. The van der Waals surface area contributed by atoms with Gasteiger partial charge < -0.3 is 31.5 Å². The molecule has 278 valence electrons. The van der Waals surface area contributed by atoms with Crippen LogP contribution in [0.1, 0.15) is 79.7 Å². The highest BCUT2D eigenvalue weighted by molar-refractivity contribution is 8.77. The predicted octanol–water partition coefficient (Wildman–Crippen LogP) is 5.62. The number of carbonyl (C=O) groups is 1. The third-order valence-electron chi connectivity index (χ3n) is 14.5. The van der Waals surface area contributed by atoms with Crippen LogP contribution in [0.25, 0.3) is 0 Å². The monoisotopic (exact) mass is 771 g/mol. The fourth-order valence-corrected chi connectivity index (χ4v) is 17.8. The molecule has 8 nitrogen and oxygen atoms in total. The van der Waals surface area contributed by atoms with E-state index in [0.29, 0.717) is 43.5 Å². The van der Waals surface area contributed by atoms with Crippen molar-refractivity contribution in [2.24, 2.45) is 57.1 Å². The molecule has 2 fully saturated rings. The Morgan fingerprint density at radius 2 is 1.94 bits per heavy atom. The first-order valence-corrected chi connectivity index (χ1v) is 23.7. The van der Waals surface area contributed by atoms with Crippen LogP contribution in [0.2, 0.25) is 0 Å². The molecule has 0 unspecified atom stereocenters. The highest BCUT2D eigenvalue weighted by atomic mass is 33.1. The summed E-state index contributed by atoms with van der Waals surface area (Å²) in [5.41, 5.74) is 11.4. The van der Waals surface area contributed by atoms with Crippen molar-refractivity contribution in [2.75, 3.05) is 43.6 Å². The largest absolute Gasteiger partial charge is 0.396 e. The van der Waals surface area contributed by atoms with Gasteiger partial charge in [0.1, 0.15) is 0 Å². The number of rotatable bonds is 6. The van der Waals surface area contributed by atoms with E-state index in [2.05, 4.69) is 36.5 Å². The average Bonchev–Trinajstić information content (AvgIpc) is 3.46. The molecule has 51 heavy (non-hydrogen) atoms. The molecule has 11 atom stereocenters. The fraction of sp³-hybridized carbons (Fsp3) is 0.692. The zero-order chi connectivity index (χ0) is 35.5. The maximum Gasteiger partial charge on any atom is 0.189 e. The van der Waals surface area contributed by atoms with Crippen LogP contribution >= 0.6 is 43.2 Å². The lowest BCUT2D eigenvalue weighted by atomic mass is 9.47. The van der Waals surface area contributed by atoms with E-state index in [1.807, 2.05) is 27.7 Å². The van der Waals surface area contributed by atoms with Crippen molar-refractivity contribution in [2.45, 2.75) is 75.2 Å². The number of hydrogen-bond donors (Lipinski definition) is 6. The first-order valence-electron chi connectivity index (χ1n) is 18.9. The molecule has 0 aromatic heterocycles. The summed E-state index contributed by atoms with van der Waals surface area (Å²) >= 11 is 0. The minimum Gasteiger partial charge on any atom is -0.396 e. The van der Waals surface area contributed by atoms with Gasteiger partial charge in [-0.1, -0.05) is 86.0 Å². The molecular weight excluding hydrogens is 719 g/mol. The number of allylic oxidation sites excluding steroid dienone is 3. The SMILES string of the molecule is C[C@]12CCSSC[C@@]34NC(N)=NC[C@@H]3[C@H]3C=C[C@H]4[C@@H](CSS[C@H](CO)c4ccc(CO)c3c4)CC3=C4C[C@H]1C[C@H](CO)[C@@H](CCCO)[C@@]42CC3=O. The van der Waals surface area contributed by atoms with Gasteiger partial charge in [-0.15, -0.1) is 0 Å². The standard InChI is InChI=1S/C39H53N3O5S4/c1-37-8-10-48-50-21-39-31-7-6-27(33(39)16-41-36(40)42-39)28-12-22(4-5-23(28)17-44)35(19-46)51-49-20-25(31)13-29-32-14-26(37)11-24(18-45)30(3-2-9-43)38(32,37)15-34(29)47/h4-7,12,24-27,30-31,33,35,43-46H,2-3,8-11,13-21H2,1H3,(H3,40,41,42)/t24-,25-,26-,27+,30-,31+,33-,35-,37+,38+,39+/m1/s1. The number of nitrogens with zero attached hydrogens (tertiary/aromatic N) is 1. The molecule has 0 radical (unpaired) electrons. The molecule has 2 spiro atoms. The van der Waals surface area contributed by atoms with Gasteiger partial charge in [-0.2, -0.15) is 0 Å². The molecule has 9 rings (SSSR count). The number of fused-ring (bicyclic) bond motifs is 3. The van der Waals surface area contributed by atoms with Gasteiger partial charge in [0, 0.05) is 66.6 Å². The topological polar surface area (TPSA) is 148 Å². The zero-order valence-electron chi connectivity index (χ0n) is 29.5. The van der Waals surface area contributed by atoms with Gasteiger partial charge in [-0.05, 0) is 89.9 Å². The summed E-state index contributed by atoms with van der Waals surface area (Å²) in [4.78, 5) is 19.5. The van der Waals surface area contributed by atoms with Crippen molar-refractivity contribution < 1.29 is 25.2 Å². The lowest BCUT2D eigenvalue weighted by Gasteiger charge is -2.57. The van der Waals surface area contributed by atoms with E-state index >= 15 is 0 Å². The summed E-state index contributed by atoms with van der Waals surface area (Å²) in [5, 5.41) is 45.6. The first-order chi connectivity index (χ1) is 24.7. The maximum atomic E-state index is 14.7. The van der Waals surface area contributed by atoms with Crippen LogP contribution in [0.3, 0.4) is 0 Å². The van der Waals surface area contributed by atoms with E-state index in [1.54, 1.807) is 21.6 Å². The Labute approximate surface area is 317 Å². The highest BCUT2D eigenvalue weighted by Gasteiger charge is 2.70. The molecule has 8 aliphatic rings. The molecule has 1 aromatic rings. The van der Waals surface area contributed by atoms with E-state index in [-0.39, 0.29) is 78.0 Å². The number of nitrogens with one attached hydrogen (secondary N) is 1. The zero-order valence-corrected chi connectivity index (χ0v) is 32.7. The van der Waals surface area contributed by atoms with Gasteiger partial charge >= 0.3 is 0 Å². The van der Waals surface area contributed by atoms with Gasteiger partial charge in [0.2, 0.25) is 0 Å². The maximum absolute atomic E-state index is 14.7. The Morgan fingerprint density at radius 3 is 2.73 bits per heavy atom. The van der Waals surface area contributed by atoms with E-state index in [0.717, 1.165) is 65.2 Å². The van der Waals surface area contributed by atoms with Crippen molar-refractivity contribution in [1.29, 1.82) is 0 Å². The second-order valence-corrected chi connectivity index (χ2v) is 21.6. The third-order valence-corrected chi connectivity index (χ3v) is 19.9. The Kier molecular flexibility index (Phi) is 10.5. The minimum atomic E-state index is -0.416. The molecule has 2 saturated carbocycles.